The first-order valence-corrected chi connectivity index (χ1v) is 14.2. The summed E-state index contributed by atoms with van der Waals surface area (Å²) < 4.78 is 11.7. The predicted molar refractivity (Wildman–Crippen MR) is 167 cm³/mol. The first-order valence-electron chi connectivity index (χ1n) is 13.0. The van der Waals surface area contributed by atoms with E-state index in [0.29, 0.717) is 33.7 Å². The van der Waals surface area contributed by atoms with E-state index in [9.17, 15) is 9.59 Å². The molecule has 4 aromatic rings. The molecule has 0 unspecified atom stereocenters. The van der Waals surface area contributed by atoms with Gasteiger partial charge in [0.05, 0.1) is 11.2 Å². The minimum Gasteiger partial charge on any atom is -0.488 e. The normalized spacial score (nSPS) is 12.4. The average Bonchev–Trinajstić information content (AvgIpc) is 2.99. The van der Waals surface area contributed by atoms with E-state index in [4.69, 9.17) is 44.3 Å². The number of hydrogen-bond donors (Lipinski definition) is 2. The number of hydrazone groups is 1. The highest BCUT2D eigenvalue weighted by atomic mass is 35.5. The largest absolute Gasteiger partial charge is 0.488 e. The molecule has 0 aromatic heterocycles. The molecule has 0 aliphatic heterocycles. The number of nitrogens with one attached hydrogen (secondary N) is 2. The van der Waals surface area contributed by atoms with E-state index in [1.807, 2.05) is 66.7 Å². The molecule has 0 saturated carbocycles. The highest BCUT2D eigenvalue weighted by Gasteiger charge is 2.25. The minimum atomic E-state index is -0.942. The monoisotopic (exact) mass is 623 g/mol. The first-order chi connectivity index (χ1) is 20.3. The molecular formula is C32H28Cl3N3O4. The molecule has 10 heteroatoms. The van der Waals surface area contributed by atoms with Gasteiger partial charge in [0.1, 0.15) is 24.1 Å². The Morgan fingerprint density at radius 2 is 1.50 bits per heavy atom. The minimum absolute atomic E-state index is 0.239. The van der Waals surface area contributed by atoms with E-state index in [2.05, 4.69) is 15.8 Å². The Labute approximate surface area is 259 Å². The second kappa shape index (κ2) is 15.3. The molecule has 0 heterocycles. The van der Waals surface area contributed by atoms with Crippen LogP contribution in [0.2, 0.25) is 15.1 Å². The Morgan fingerprint density at radius 3 is 2.24 bits per heavy atom. The number of rotatable bonds is 12. The standard InChI is InChI=1S/C32H28Cl3N3O4/c1-21(42-30-16-15-26(34)18-27(30)35)31(39)37-28(17-22-7-3-2-4-8-22)32(40)38-36-19-24-9-5-6-10-29(24)41-20-23-11-13-25(33)14-12-23/h2-16,18-19,21,28H,17,20H2,1H3,(H,37,39)(H,38,40)/b36-19-/t21-,28+/m0/s1. The number of halogens is 3. The topological polar surface area (TPSA) is 89.0 Å². The fraction of sp³-hybridized carbons (Fsp3) is 0.156. The van der Waals surface area contributed by atoms with E-state index in [1.165, 1.54) is 12.3 Å². The van der Waals surface area contributed by atoms with Gasteiger partial charge in [0.15, 0.2) is 6.10 Å². The van der Waals surface area contributed by atoms with Crippen LogP contribution < -0.4 is 20.2 Å². The predicted octanol–water partition coefficient (Wildman–Crippen LogP) is 6.87. The number of ether oxygens (including phenoxy) is 2. The third-order valence-corrected chi connectivity index (χ3v) is 6.87. The number of carbonyl (C=O) groups is 2. The quantitative estimate of drug-likeness (QED) is 0.133. The SMILES string of the molecule is C[C@H](Oc1ccc(Cl)cc1Cl)C(=O)N[C@H](Cc1ccccc1)C(=O)N/N=C\c1ccccc1OCc1ccc(Cl)cc1. The second-order valence-corrected chi connectivity index (χ2v) is 10.6. The third kappa shape index (κ3) is 9.24. The van der Waals surface area contributed by atoms with Crippen molar-refractivity contribution in [1.29, 1.82) is 0 Å². The molecule has 0 fully saturated rings. The van der Waals surface area contributed by atoms with E-state index >= 15 is 0 Å². The first kappa shape index (κ1) is 30.9. The summed E-state index contributed by atoms with van der Waals surface area (Å²) in [5, 5.41) is 8.27. The Kier molecular flexibility index (Phi) is 11.2. The van der Waals surface area contributed by atoms with E-state index in [1.54, 1.807) is 31.2 Å². The summed E-state index contributed by atoms with van der Waals surface area (Å²) in [7, 11) is 0. The summed E-state index contributed by atoms with van der Waals surface area (Å²) in [6.45, 7) is 1.90. The molecule has 0 aliphatic rings. The van der Waals surface area contributed by atoms with Gasteiger partial charge in [-0.25, -0.2) is 5.43 Å². The summed E-state index contributed by atoms with van der Waals surface area (Å²) in [5.74, 6) is -0.109. The van der Waals surface area contributed by atoms with Crippen LogP contribution >= 0.6 is 34.8 Å². The number of carbonyl (C=O) groups excluding carboxylic acids is 2. The molecule has 0 bridgehead atoms. The molecule has 7 nitrogen and oxygen atoms in total. The van der Waals surface area contributed by atoms with Crippen molar-refractivity contribution >= 4 is 52.8 Å². The van der Waals surface area contributed by atoms with Crippen LogP contribution in [-0.2, 0) is 22.6 Å². The van der Waals surface area contributed by atoms with Gasteiger partial charge in [-0.3, -0.25) is 9.59 Å². The summed E-state index contributed by atoms with van der Waals surface area (Å²) in [6, 6.07) is 27.8. The second-order valence-electron chi connectivity index (χ2n) is 9.27. The molecule has 216 valence electrons. The molecule has 0 saturated heterocycles. The number of benzene rings is 4. The van der Waals surface area contributed by atoms with Crippen LogP contribution in [-0.4, -0.2) is 30.2 Å². The van der Waals surface area contributed by atoms with Gasteiger partial charge in [-0.2, -0.15) is 5.10 Å². The maximum atomic E-state index is 13.2. The maximum Gasteiger partial charge on any atom is 0.262 e. The maximum absolute atomic E-state index is 13.2. The lowest BCUT2D eigenvalue weighted by atomic mass is 10.1. The van der Waals surface area contributed by atoms with Crippen LogP contribution in [0.15, 0.2) is 102 Å². The Bertz CT molecular complexity index is 1530. The van der Waals surface area contributed by atoms with Gasteiger partial charge < -0.3 is 14.8 Å². The summed E-state index contributed by atoms with van der Waals surface area (Å²) in [6.07, 6.45) is 0.788. The average molecular weight is 625 g/mol. The molecule has 4 rings (SSSR count). The van der Waals surface area contributed by atoms with Crippen molar-refractivity contribution < 1.29 is 19.1 Å². The van der Waals surface area contributed by atoms with Gasteiger partial charge in [-0.1, -0.05) is 89.4 Å². The highest BCUT2D eigenvalue weighted by Crippen LogP contribution is 2.28. The molecule has 42 heavy (non-hydrogen) atoms. The molecule has 0 spiro atoms. The Balaban J connectivity index is 1.41. The van der Waals surface area contributed by atoms with Crippen LogP contribution in [0.1, 0.15) is 23.6 Å². The van der Waals surface area contributed by atoms with E-state index in [-0.39, 0.29) is 11.4 Å². The zero-order chi connectivity index (χ0) is 29.9. The lowest BCUT2D eigenvalue weighted by Gasteiger charge is -2.21. The molecular weight excluding hydrogens is 597 g/mol. The number of hydrogen-bond acceptors (Lipinski definition) is 5. The zero-order valence-electron chi connectivity index (χ0n) is 22.6. The summed E-state index contributed by atoms with van der Waals surface area (Å²) in [5.41, 5.74) is 5.01. The van der Waals surface area contributed by atoms with Gasteiger partial charge in [0.2, 0.25) is 0 Å². The highest BCUT2D eigenvalue weighted by molar-refractivity contribution is 6.35. The molecule has 4 aromatic carbocycles. The van der Waals surface area contributed by atoms with Gasteiger partial charge in [0.25, 0.3) is 11.8 Å². The van der Waals surface area contributed by atoms with Crippen LogP contribution in [0.25, 0.3) is 0 Å². The van der Waals surface area contributed by atoms with Crippen molar-refractivity contribution in [2.45, 2.75) is 32.1 Å². The Hall–Kier alpha value is -4.04. The van der Waals surface area contributed by atoms with Crippen LogP contribution in [0, 0.1) is 0 Å². The summed E-state index contributed by atoms with van der Waals surface area (Å²) in [4.78, 5) is 26.2. The molecule has 2 N–H and O–H groups in total. The van der Waals surface area contributed by atoms with Gasteiger partial charge >= 0.3 is 0 Å². The van der Waals surface area contributed by atoms with Crippen molar-refractivity contribution in [3.8, 4) is 11.5 Å². The zero-order valence-corrected chi connectivity index (χ0v) is 24.9. The van der Waals surface area contributed by atoms with Crippen LogP contribution in [0.5, 0.6) is 11.5 Å². The fourth-order valence-electron chi connectivity index (χ4n) is 3.87. The number of amides is 2. The van der Waals surface area contributed by atoms with E-state index < -0.39 is 24.0 Å². The van der Waals surface area contributed by atoms with E-state index in [0.717, 1.165) is 11.1 Å². The molecule has 0 aliphatic carbocycles. The lowest BCUT2D eigenvalue weighted by Crippen LogP contribution is -2.50. The number of nitrogens with zero attached hydrogens (tertiary/aromatic N) is 1. The number of para-hydroxylation sites is 1. The summed E-state index contributed by atoms with van der Waals surface area (Å²) >= 11 is 18.1. The van der Waals surface area contributed by atoms with Crippen molar-refractivity contribution in [3.05, 3.63) is 129 Å². The Morgan fingerprint density at radius 1 is 0.810 bits per heavy atom. The molecule has 2 amide bonds. The van der Waals surface area contributed by atoms with Gasteiger partial charge in [0, 0.05) is 22.0 Å². The fourth-order valence-corrected chi connectivity index (χ4v) is 4.45. The lowest BCUT2D eigenvalue weighted by molar-refractivity contribution is -0.132. The van der Waals surface area contributed by atoms with Gasteiger partial charge in [-0.15, -0.1) is 0 Å². The molecule has 0 radical (unpaired) electrons. The van der Waals surface area contributed by atoms with Crippen molar-refractivity contribution in [2.75, 3.05) is 0 Å². The third-order valence-electron chi connectivity index (χ3n) is 6.09. The van der Waals surface area contributed by atoms with Crippen molar-refractivity contribution in [1.82, 2.24) is 10.7 Å². The van der Waals surface area contributed by atoms with Crippen molar-refractivity contribution in [2.24, 2.45) is 5.10 Å². The smallest absolute Gasteiger partial charge is 0.262 e. The molecule has 2 atom stereocenters. The van der Waals surface area contributed by atoms with Crippen LogP contribution in [0.4, 0.5) is 0 Å². The van der Waals surface area contributed by atoms with Gasteiger partial charge in [-0.05, 0) is 60.5 Å². The van der Waals surface area contributed by atoms with Crippen LogP contribution in [0.3, 0.4) is 0 Å². The van der Waals surface area contributed by atoms with Crippen molar-refractivity contribution in [3.63, 3.8) is 0 Å².